The molecule has 1 saturated heterocycles. The third kappa shape index (κ3) is 5.81. The fourth-order valence-electron chi connectivity index (χ4n) is 4.86. The third-order valence-corrected chi connectivity index (χ3v) is 6.85. The molecule has 0 radical (unpaired) electrons. The second kappa shape index (κ2) is 11.4. The van der Waals surface area contributed by atoms with Crippen molar-refractivity contribution in [3.63, 3.8) is 0 Å². The van der Waals surface area contributed by atoms with E-state index in [1.54, 1.807) is 18.3 Å². The van der Waals surface area contributed by atoms with Crippen LogP contribution in [-0.2, 0) is 6.61 Å². The van der Waals surface area contributed by atoms with E-state index in [2.05, 4.69) is 20.2 Å². The lowest BCUT2D eigenvalue weighted by molar-refractivity contribution is 0.306. The molecule has 39 heavy (non-hydrogen) atoms. The predicted octanol–water partition coefficient (Wildman–Crippen LogP) is 6.39. The Bertz CT molecular complexity index is 1510. The molecule has 5 aromatic rings. The van der Waals surface area contributed by atoms with Gasteiger partial charge in [-0.3, -0.25) is 0 Å². The molecule has 1 aliphatic heterocycles. The Morgan fingerprint density at radius 1 is 0.897 bits per heavy atom. The predicted molar refractivity (Wildman–Crippen MR) is 150 cm³/mol. The highest BCUT2D eigenvalue weighted by Gasteiger charge is 2.23. The zero-order valence-electron chi connectivity index (χ0n) is 21.4. The standard InChI is InChI=1S/C31H29FN6O/c32-24-8-6-23(7-9-24)30-35-20-29(38(30)26-14-17-33-18-15-26)28-16-19-34-31(37-28)36-25-10-12-27(13-11-25)39-21-22-4-2-1-3-5-22/h1-13,16,19-20,26,33H,14-15,17-18,21H2,(H,34,36,37). The lowest BCUT2D eigenvalue weighted by Gasteiger charge is -2.27. The summed E-state index contributed by atoms with van der Waals surface area (Å²) >= 11 is 0. The van der Waals surface area contributed by atoms with E-state index < -0.39 is 0 Å². The van der Waals surface area contributed by atoms with Gasteiger partial charge in [0.1, 0.15) is 24.0 Å². The van der Waals surface area contributed by atoms with Crippen LogP contribution in [0.4, 0.5) is 16.0 Å². The summed E-state index contributed by atoms with van der Waals surface area (Å²) in [5, 5.41) is 6.73. The quantitative estimate of drug-likeness (QED) is 0.247. The summed E-state index contributed by atoms with van der Waals surface area (Å²) in [6.07, 6.45) is 5.56. The normalized spacial score (nSPS) is 13.8. The molecule has 0 saturated carbocycles. The fourth-order valence-corrected chi connectivity index (χ4v) is 4.86. The Morgan fingerprint density at radius 2 is 1.67 bits per heavy atom. The zero-order chi connectivity index (χ0) is 26.4. The van der Waals surface area contributed by atoms with Crippen molar-refractivity contribution in [2.75, 3.05) is 18.4 Å². The molecule has 0 spiro atoms. The maximum Gasteiger partial charge on any atom is 0.227 e. The number of halogens is 1. The molecule has 196 valence electrons. The van der Waals surface area contributed by atoms with E-state index in [0.29, 0.717) is 12.6 Å². The van der Waals surface area contributed by atoms with E-state index in [1.807, 2.05) is 66.9 Å². The molecule has 3 heterocycles. The molecule has 3 aromatic carbocycles. The molecular weight excluding hydrogens is 491 g/mol. The SMILES string of the molecule is Fc1ccc(-c2ncc(-c3ccnc(Nc4ccc(OCc5ccccc5)cc4)n3)n2C2CCNCC2)cc1. The number of nitrogens with one attached hydrogen (secondary N) is 2. The van der Waals surface area contributed by atoms with Gasteiger partial charge in [0.15, 0.2) is 0 Å². The van der Waals surface area contributed by atoms with E-state index in [1.165, 1.54) is 12.1 Å². The van der Waals surface area contributed by atoms with Gasteiger partial charge in [-0.05, 0) is 86.1 Å². The van der Waals surface area contributed by atoms with Gasteiger partial charge in [-0.2, -0.15) is 0 Å². The van der Waals surface area contributed by atoms with Gasteiger partial charge in [0.25, 0.3) is 0 Å². The molecule has 0 atom stereocenters. The van der Waals surface area contributed by atoms with Gasteiger partial charge in [-0.1, -0.05) is 30.3 Å². The first-order valence-electron chi connectivity index (χ1n) is 13.1. The van der Waals surface area contributed by atoms with Gasteiger partial charge in [0, 0.05) is 23.5 Å². The van der Waals surface area contributed by atoms with Gasteiger partial charge in [-0.25, -0.2) is 19.3 Å². The smallest absolute Gasteiger partial charge is 0.227 e. The lowest BCUT2D eigenvalue weighted by atomic mass is 10.0. The molecule has 0 unspecified atom stereocenters. The minimum atomic E-state index is -0.263. The molecule has 0 amide bonds. The van der Waals surface area contributed by atoms with Crippen molar-refractivity contribution < 1.29 is 9.13 Å². The minimum absolute atomic E-state index is 0.263. The summed E-state index contributed by atoms with van der Waals surface area (Å²) in [5.74, 6) is 1.84. The van der Waals surface area contributed by atoms with E-state index >= 15 is 0 Å². The topological polar surface area (TPSA) is 76.9 Å². The molecule has 8 heteroatoms. The maximum absolute atomic E-state index is 13.6. The molecule has 1 fully saturated rings. The molecule has 6 rings (SSSR count). The number of hydrogen-bond donors (Lipinski definition) is 2. The average molecular weight is 521 g/mol. The van der Waals surface area contributed by atoms with Gasteiger partial charge >= 0.3 is 0 Å². The average Bonchev–Trinajstić information content (AvgIpc) is 3.44. The highest BCUT2D eigenvalue weighted by atomic mass is 19.1. The number of anilines is 2. The zero-order valence-corrected chi connectivity index (χ0v) is 21.4. The number of imidazole rings is 1. The monoisotopic (exact) mass is 520 g/mol. The minimum Gasteiger partial charge on any atom is -0.489 e. The first-order valence-corrected chi connectivity index (χ1v) is 13.1. The summed E-state index contributed by atoms with van der Waals surface area (Å²) in [7, 11) is 0. The van der Waals surface area contributed by atoms with Crippen molar-refractivity contribution in [2.24, 2.45) is 0 Å². The maximum atomic E-state index is 13.6. The van der Waals surface area contributed by atoms with Crippen molar-refractivity contribution in [2.45, 2.75) is 25.5 Å². The van der Waals surface area contributed by atoms with Crippen LogP contribution >= 0.6 is 0 Å². The molecule has 7 nitrogen and oxygen atoms in total. The van der Waals surface area contributed by atoms with Crippen molar-refractivity contribution in [1.82, 2.24) is 24.8 Å². The van der Waals surface area contributed by atoms with Crippen molar-refractivity contribution in [1.29, 1.82) is 0 Å². The highest BCUT2D eigenvalue weighted by Crippen LogP contribution is 2.33. The number of ether oxygens (including phenoxy) is 1. The Kier molecular flexibility index (Phi) is 7.27. The third-order valence-electron chi connectivity index (χ3n) is 6.85. The van der Waals surface area contributed by atoms with Crippen LogP contribution < -0.4 is 15.4 Å². The number of nitrogens with zero attached hydrogens (tertiary/aromatic N) is 4. The summed E-state index contributed by atoms with van der Waals surface area (Å²) in [5.41, 5.74) is 4.54. The molecule has 0 aliphatic carbocycles. The Labute approximate surface area is 226 Å². The van der Waals surface area contributed by atoms with Crippen LogP contribution in [0.3, 0.4) is 0 Å². The van der Waals surface area contributed by atoms with Crippen LogP contribution in [0.15, 0.2) is 97.3 Å². The van der Waals surface area contributed by atoms with Crippen molar-refractivity contribution >= 4 is 11.6 Å². The summed E-state index contributed by atoms with van der Waals surface area (Å²) in [4.78, 5) is 14.0. The van der Waals surface area contributed by atoms with Crippen LogP contribution in [0.5, 0.6) is 5.75 Å². The first kappa shape index (κ1) is 24.8. The van der Waals surface area contributed by atoms with Gasteiger partial charge in [-0.15, -0.1) is 0 Å². The largest absolute Gasteiger partial charge is 0.489 e. The van der Waals surface area contributed by atoms with Gasteiger partial charge in [0.05, 0.1) is 17.6 Å². The van der Waals surface area contributed by atoms with Gasteiger partial charge in [0.2, 0.25) is 5.95 Å². The number of benzene rings is 3. The van der Waals surface area contributed by atoms with Crippen molar-refractivity contribution in [3.05, 3.63) is 109 Å². The summed E-state index contributed by atoms with van der Waals surface area (Å²) in [6.45, 7) is 2.39. The van der Waals surface area contributed by atoms with Crippen molar-refractivity contribution in [3.8, 4) is 28.5 Å². The Balaban J connectivity index is 1.23. The van der Waals surface area contributed by atoms with E-state index in [9.17, 15) is 4.39 Å². The number of rotatable bonds is 8. The molecule has 2 aromatic heterocycles. The summed E-state index contributed by atoms with van der Waals surface area (Å²) in [6, 6.07) is 26.5. The Hall–Kier alpha value is -4.56. The van der Waals surface area contributed by atoms with Crippen LogP contribution in [-0.4, -0.2) is 32.6 Å². The molecule has 0 bridgehead atoms. The van der Waals surface area contributed by atoms with Crippen LogP contribution in [0.1, 0.15) is 24.4 Å². The van der Waals surface area contributed by atoms with E-state index in [4.69, 9.17) is 14.7 Å². The molecule has 1 aliphatic rings. The van der Waals surface area contributed by atoms with Crippen LogP contribution in [0, 0.1) is 5.82 Å². The second-order valence-electron chi connectivity index (χ2n) is 9.51. The fraction of sp³-hybridized carbons (Fsp3) is 0.194. The lowest BCUT2D eigenvalue weighted by Crippen LogP contribution is -2.30. The molecular formula is C31H29FN6O. The van der Waals surface area contributed by atoms with Crippen LogP contribution in [0.25, 0.3) is 22.8 Å². The summed E-state index contributed by atoms with van der Waals surface area (Å²) < 4.78 is 21.8. The number of hydrogen-bond acceptors (Lipinski definition) is 6. The van der Waals surface area contributed by atoms with Gasteiger partial charge < -0.3 is 19.9 Å². The number of piperidine rings is 1. The highest BCUT2D eigenvalue weighted by molar-refractivity contribution is 5.65. The van der Waals surface area contributed by atoms with Crippen LogP contribution in [0.2, 0.25) is 0 Å². The second-order valence-corrected chi connectivity index (χ2v) is 9.51. The Morgan fingerprint density at radius 3 is 2.44 bits per heavy atom. The first-order chi connectivity index (χ1) is 19.2. The van der Waals surface area contributed by atoms with E-state index in [-0.39, 0.29) is 11.9 Å². The number of aromatic nitrogens is 4. The molecule has 2 N–H and O–H groups in total. The van der Waals surface area contributed by atoms with E-state index in [0.717, 1.165) is 65.7 Å².